The third kappa shape index (κ3) is 4.32. The molecule has 0 saturated carbocycles. The topological polar surface area (TPSA) is 66.5 Å². The van der Waals surface area contributed by atoms with Crippen molar-refractivity contribution in [2.24, 2.45) is 0 Å². The van der Waals surface area contributed by atoms with Gasteiger partial charge in [-0.3, -0.25) is 19.3 Å². The van der Waals surface area contributed by atoms with Crippen molar-refractivity contribution in [3.05, 3.63) is 61.9 Å². The molecule has 1 saturated heterocycles. The average molecular weight is 411 g/mol. The predicted molar refractivity (Wildman–Crippen MR) is 101 cm³/mol. The highest BCUT2D eigenvalue weighted by Crippen LogP contribution is 2.31. The van der Waals surface area contributed by atoms with Crippen LogP contribution in [0.4, 0.5) is 9.18 Å². The zero-order valence-electron chi connectivity index (χ0n) is 13.2. The molecule has 2 aromatic rings. The summed E-state index contributed by atoms with van der Waals surface area (Å²) in [5.74, 6) is -1.12. The monoisotopic (exact) mass is 410 g/mol. The SMILES string of the molecule is O=C(NCCN1C(=O)S/C(=C\c2ccc(F)cc2)C1=O)c1ccc(Cl)s1. The third-order valence-electron chi connectivity index (χ3n) is 3.46. The minimum absolute atomic E-state index is 0.0657. The van der Waals surface area contributed by atoms with Gasteiger partial charge in [-0.2, -0.15) is 0 Å². The largest absolute Gasteiger partial charge is 0.350 e. The highest BCUT2D eigenvalue weighted by molar-refractivity contribution is 8.18. The first-order chi connectivity index (χ1) is 12.4. The maximum Gasteiger partial charge on any atom is 0.293 e. The van der Waals surface area contributed by atoms with Crippen LogP contribution in [-0.2, 0) is 4.79 Å². The summed E-state index contributed by atoms with van der Waals surface area (Å²) in [6.45, 7) is 0.201. The highest BCUT2D eigenvalue weighted by Gasteiger charge is 2.34. The first-order valence-corrected chi connectivity index (χ1v) is 9.49. The first kappa shape index (κ1) is 18.6. The quantitative estimate of drug-likeness (QED) is 0.756. The van der Waals surface area contributed by atoms with Gasteiger partial charge in [-0.15, -0.1) is 11.3 Å². The number of thiophene rings is 1. The number of halogens is 2. The van der Waals surface area contributed by atoms with Crippen molar-refractivity contribution in [2.75, 3.05) is 13.1 Å². The van der Waals surface area contributed by atoms with Gasteiger partial charge in [0.2, 0.25) is 0 Å². The Morgan fingerprint density at radius 2 is 1.92 bits per heavy atom. The fraction of sp³-hybridized carbons (Fsp3) is 0.118. The summed E-state index contributed by atoms with van der Waals surface area (Å²) in [7, 11) is 0. The van der Waals surface area contributed by atoms with Crippen LogP contribution in [0.15, 0.2) is 41.3 Å². The van der Waals surface area contributed by atoms with E-state index < -0.39 is 11.1 Å². The molecule has 26 heavy (non-hydrogen) atoms. The fourth-order valence-electron chi connectivity index (χ4n) is 2.21. The van der Waals surface area contributed by atoms with E-state index in [1.165, 1.54) is 30.3 Å². The lowest BCUT2D eigenvalue weighted by Crippen LogP contribution is -2.37. The van der Waals surface area contributed by atoms with Crippen molar-refractivity contribution in [1.29, 1.82) is 0 Å². The summed E-state index contributed by atoms with van der Waals surface area (Å²) in [4.78, 5) is 38.1. The zero-order valence-corrected chi connectivity index (χ0v) is 15.6. The van der Waals surface area contributed by atoms with Crippen LogP contribution in [0.1, 0.15) is 15.2 Å². The normalized spacial score (nSPS) is 15.8. The Balaban J connectivity index is 1.58. The summed E-state index contributed by atoms with van der Waals surface area (Å²) in [5.41, 5.74) is 0.625. The Hall–Kier alpha value is -2.16. The number of carbonyl (C=O) groups is 3. The lowest BCUT2D eigenvalue weighted by atomic mass is 10.2. The molecule has 1 fully saturated rings. The molecule has 0 aliphatic carbocycles. The summed E-state index contributed by atoms with van der Waals surface area (Å²) < 4.78 is 13.4. The lowest BCUT2D eigenvalue weighted by Gasteiger charge is -2.12. The number of rotatable bonds is 5. The van der Waals surface area contributed by atoms with Gasteiger partial charge in [0.25, 0.3) is 17.1 Å². The van der Waals surface area contributed by atoms with Crippen LogP contribution in [0.3, 0.4) is 0 Å². The maximum atomic E-state index is 12.9. The van der Waals surface area contributed by atoms with Gasteiger partial charge in [0.15, 0.2) is 0 Å². The van der Waals surface area contributed by atoms with Gasteiger partial charge in [-0.25, -0.2) is 4.39 Å². The first-order valence-electron chi connectivity index (χ1n) is 7.48. The highest BCUT2D eigenvalue weighted by atomic mass is 35.5. The van der Waals surface area contributed by atoms with Crippen molar-refractivity contribution in [3.8, 4) is 0 Å². The van der Waals surface area contributed by atoms with Gasteiger partial charge in [-0.1, -0.05) is 23.7 Å². The van der Waals surface area contributed by atoms with E-state index in [1.54, 1.807) is 12.1 Å². The van der Waals surface area contributed by atoms with Gasteiger partial charge in [-0.05, 0) is 47.7 Å². The molecule has 1 aliphatic rings. The molecule has 1 N–H and O–H groups in total. The van der Waals surface area contributed by atoms with Crippen LogP contribution in [0.25, 0.3) is 6.08 Å². The molecular formula is C17H12ClFN2O3S2. The number of carbonyl (C=O) groups excluding carboxylic acids is 3. The number of nitrogens with zero attached hydrogens (tertiary/aromatic N) is 1. The second kappa shape index (κ2) is 8.03. The molecular weight excluding hydrogens is 399 g/mol. The molecule has 134 valence electrons. The minimum Gasteiger partial charge on any atom is -0.350 e. The van der Waals surface area contributed by atoms with Crippen LogP contribution < -0.4 is 5.32 Å². The van der Waals surface area contributed by atoms with Crippen LogP contribution in [0, 0.1) is 5.82 Å². The van der Waals surface area contributed by atoms with Gasteiger partial charge >= 0.3 is 0 Å². The van der Waals surface area contributed by atoms with Gasteiger partial charge in [0, 0.05) is 13.1 Å². The number of imide groups is 1. The van der Waals surface area contributed by atoms with Crippen molar-refractivity contribution in [1.82, 2.24) is 10.2 Å². The van der Waals surface area contributed by atoms with E-state index in [2.05, 4.69) is 5.32 Å². The Morgan fingerprint density at radius 1 is 1.19 bits per heavy atom. The van der Waals surface area contributed by atoms with Crippen molar-refractivity contribution in [3.63, 3.8) is 0 Å². The molecule has 3 amide bonds. The van der Waals surface area contributed by atoms with Crippen LogP contribution in [0.2, 0.25) is 4.34 Å². The smallest absolute Gasteiger partial charge is 0.293 e. The molecule has 9 heteroatoms. The van der Waals surface area contributed by atoms with E-state index in [4.69, 9.17) is 11.6 Å². The number of amides is 3. The summed E-state index contributed by atoms with van der Waals surface area (Å²) in [6.07, 6.45) is 1.54. The summed E-state index contributed by atoms with van der Waals surface area (Å²) in [6, 6.07) is 8.84. The van der Waals surface area contributed by atoms with Crippen molar-refractivity contribution in [2.45, 2.75) is 0 Å². The van der Waals surface area contributed by atoms with E-state index in [1.807, 2.05) is 0 Å². The van der Waals surface area contributed by atoms with Crippen LogP contribution >= 0.6 is 34.7 Å². The lowest BCUT2D eigenvalue weighted by molar-refractivity contribution is -0.122. The predicted octanol–water partition coefficient (Wildman–Crippen LogP) is 4.01. The van der Waals surface area contributed by atoms with E-state index in [-0.39, 0.29) is 29.7 Å². The van der Waals surface area contributed by atoms with Crippen LogP contribution in [-0.4, -0.2) is 35.0 Å². The molecule has 1 aromatic heterocycles. The molecule has 0 atom stereocenters. The zero-order chi connectivity index (χ0) is 18.7. The average Bonchev–Trinajstić information content (AvgIpc) is 3.15. The molecule has 3 rings (SSSR count). The molecule has 0 radical (unpaired) electrons. The molecule has 1 aromatic carbocycles. The Labute approximate surface area is 161 Å². The molecule has 0 unspecified atom stereocenters. The number of hydrogen-bond acceptors (Lipinski definition) is 5. The molecule has 0 spiro atoms. The molecule has 2 heterocycles. The van der Waals surface area contributed by atoms with Gasteiger partial charge < -0.3 is 5.32 Å². The van der Waals surface area contributed by atoms with Gasteiger partial charge in [0.1, 0.15) is 5.82 Å². The van der Waals surface area contributed by atoms with E-state index in [0.29, 0.717) is 14.8 Å². The maximum absolute atomic E-state index is 12.9. The second-order valence-electron chi connectivity index (χ2n) is 5.24. The van der Waals surface area contributed by atoms with Crippen molar-refractivity contribution < 1.29 is 18.8 Å². The van der Waals surface area contributed by atoms with E-state index >= 15 is 0 Å². The molecule has 0 bridgehead atoms. The third-order valence-corrected chi connectivity index (χ3v) is 5.60. The fourth-order valence-corrected chi connectivity index (χ4v) is 4.03. The minimum atomic E-state index is -0.433. The summed E-state index contributed by atoms with van der Waals surface area (Å²) >= 11 is 7.75. The Bertz CT molecular complexity index is 896. The number of thioether (sulfide) groups is 1. The Kier molecular flexibility index (Phi) is 5.75. The Morgan fingerprint density at radius 3 is 2.58 bits per heavy atom. The van der Waals surface area contributed by atoms with Crippen LogP contribution in [0.5, 0.6) is 0 Å². The second-order valence-corrected chi connectivity index (χ2v) is 7.95. The van der Waals surface area contributed by atoms with Crippen molar-refractivity contribution >= 4 is 57.8 Å². The molecule has 5 nitrogen and oxygen atoms in total. The molecule has 1 aliphatic heterocycles. The van der Waals surface area contributed by atoms with E-state index in [9.17, 15) is 18.8 Å². The number of benzene rings is 1. The number of nitrogens with one attached hydrogen (secondary N) is 1. The van der Waals surface area contributed by atoms with E-state index in [0.717, 1.165) is 28.0 Å². The number of hydrogen-bond donors (Lipinski definition) is 1. The standard InChI is InChI=1S/C17H12ClFN2O3S2/c18-14-6-5-12(25-14)15(22)20-7-8-21-16(23)13(26-17(21)24)9-10-1-3-11(19)4-2-10/h1-6,9H,7-8H2,(H,20,22)/b13-9-. The summed E-state index contributed by atoms with van der Waals surface area (Å²) in [5, 5.41) is 2.24. The van der Waals surface area contributed by atoms with Gasteiger partial charge in [0.05, 0.1) is 14.1 Å².